The Kier molecular flexibility index (Phi) is 4.01. The molecule has 0 bridgehead atoms. The van der Waals surface area contributed by atoms with Crippen LogP contribution in [0.15, 0.2) is 59.0 Å². The molecule has 0 unspecified atom stereocenters. The monoisotopic (exact) mass is 308 g/mol. The highest BCUT2D eigenvalue weighted by Crippen LogP contribution is 2.19. The van der Waals surface area contributed by atoms with E-state index in [4.69, 9.17) is 9.15 Å². The lowest BCUT2D eigenvalue weighted by Crippen LogP contribution is -2.13. The van der Waals surface area contributed by atoms with Gasteiger partial charge in [-0.3, -0.25) is 9.59 Å². The van der Waals surface area contributed by atoms with Crippen molar-refractivity contribution in [2.75, 3.05) is 6.61 Å². The summed E-state index contributed by atoms with van der Waals surface area (Å²) in [4.78, 5) is 34.5. The maximum atomic E-state index is 12.0. The molecule has 23 heavy (non-hydrogen) atoms. The summed E-state index contributed by atoms with van der Waals surface area (Å²) in [6.07, 6.45) is 0.681. The number of carbonyl (C=O) groups excluding carboxylic acids is 3. The number of aldehydes is 1. The predicted octanol–water partition coefficient (Wildman–Crippen LogP) is 3.29. The van der Waals surface area contributed by atoms with Gasteiger partial charge in [-0.05, 0) is 24.3 Å². The quantitative estimate of drug-likeness (QED) is 0.411. The fourth-order valence-electron chi connectivity index (χ4n) is 2.10. The first-order valence-electron chi connectivity index (χ1n) is 6.91. The molecule has 0 saturated carbocycles. The van der Waals surface area contributed by atoms with Crippen molar-refractivity contribution in [3.8, 4) is 0 Å². The van der Waals surface area contributed by atoms with Crippen LogP contribution in [0.4, 0.5) is 0 Å². The Labute approximate surface area is 131 Å². The molecule has 0 amide bonds. The Balaban J connectivity index is 1.65. The van der Waals surface area contributed by atoms with Crippen LogP contribution < -0.4 is 0 Å². The second kappa shape index (κ2) is 6.27. The van der Waals surface area contributed by atoms with Crippen LogP contribution in [0, 0.1) is 0 Å². The smallest absolute Gasteiger partial charge is 0.338 e. The van der Waals surface area contributed by atoms with E-state index >= 15 is 0 Å². The highest BCUT2D eigenvalue weighted by Gasteiger charge is 2.15. The number of fused-ring (bicyclic) bond motifs is 1. The first-order valence-corrected chi connectivity index (χ1v) is 6.91. The molecule has 1 aromatic heterocycles. The van der Waals surface area contributed by atoms with Gasteiger partial charge in [0.1, 0.15) is 11.9 Å². The molecule has 114 valence electrons. The molecule has 1 heterocycles. The van der Waals surface area contributed by atoms with Gasteiger partial charge in [0.2, 0.25) is 5.78 Å². The number of hydrogen-bond acceptors (Lipinski definition) is 5. The Morgan fingerprint density at radius 2 is 1.78 bits per heavy atom. The summed E-state index contributed by atoms with van der Waals surface area (Å²) in [6.45, 7) is -0.409. The highest BCUT2D eigenvalue weighted by molar-refractivity contribution is 6.00. The minimum atomic E-state index is -0.632. The van der Waals surface area contributed by atoms with Crippen molar-refractivity contribution in [1.82, 2.24) is 0 Å². The van der Waals surface area contributed by atoms with Crippen molar-refractivity contribution >= 4 is 29.0 Å². The lowest BCUT2D eigenvalue weighted by molar-refractivity contribution is 0.0468. The number of ketones is 1. The minimum Gasteiger partial charge on any atom is -0.454 e. The van der Waals surface area contributed by atoms with E-state index in [9.17, 15) is 14.4 Å². The first kappa shape index (κ1) is 14.7. The van der Waals surface area contributed by atoms with Crippen molar-refractivity contribution < 1.29 is 23.5 Å². The van der Waals surface area contributed by atoms with Crippen LogP contribution in [0.2, 0.25) is 0 Å². The van der Waals surface area contributed by atoms with Gasteiger partial charge in [0.05, 0.1) is 5.56 Å². The van der Waals surface area contributed by atoms with E-state index in [-0.39, 0.29) is 11.3 Å². The van der Waals surface area contributed by atoms with Crippen LogP contribution in [0.3, 0.4) is 0 Å². The van der Waals surface area contributed by atoms with Gasteiger partial charge in [0.25, 0.3) is 0 Å². The molecule has 3 rings (SSSR count). The normalized spacial score (nSPS) is 10.4. The SMILES string of the molecule is O=Cc1ccc(C(=O)OCC(=O)c2cc3ccccc3o2)cc1. The molecule has 0 N–H and O–H groups in total. The van der Waals surface area contributed by atoms with E-state index in [2.05, 4.69) is 0 Å². The third-order valence-corrected chi connectivity index (χ3v) is 3.32. The number of furan rings is 1. The second-order valence-corrected chi connectivity index (χ2v) is 4.89. The molecule has 5 nitrogen and oxygen atoms in total. The van der Waals surface area contributed by atoms with E-state index in [1.54, 1.807) is 12.1 Å². The summed E-state index contributed by atoms with van der Waals surface area (Å²) in [5.41, 5.74) is 1.33. The van der Waals surface area contributed by atoms with Crippen molar-refractivity contribution in [3.63, 3.8) is 0 Å². The van der Waals surface area contributed by atoms with Crippen LogP contribution in [0.25, 0.3) is 11.0 Å². The Bertz CT molecular complexity index is 841. The minimum absolute atomic E-state index is 0.148. The molecule has 0 spiro atoms. The molecule has 3 aromatic rings. The Morgan fingerprint density at radius 1 is 1.04 bits per heavy atom. The third-order valence-electron chi connectivity index (χ3n) is 3.32. The number of para-hydroxylation sites is 1. The number of ether oxygens (including phenoxy) is 1. The molecule has 0 fully saturated rings. The largest absolute Gasteiger partial charge is 0.454 e. The maximum Gasteiger partial charge on any atom is 0.338 e. The first-order chi connectivity index (χ1) is 11.2. The van der Waals surface area contributed by atoms with E-state index in [0.29, 0.717) is 17.4 Å². The highest BCUT2D eigenvalue weighted by atomic mass is 16.5. The van der Waals surface area contributed by atoms with E-state index in [0.717, 1.165) is 5.39 Å². The van der Waals surface area contributed by atoms with Gasteiger partial charge in [-0.1, -0.05) is 30.3 Å². The van der Waals surface area contributed by atoms with Gasteiger partial charge in [0, 0.05) is 10.9 Å². The van der Waals surface area contributed by atoms with Crippen LogP contribution in [-0.4, -0.2) is 24.6 Å². The molecule has 0 atom stereocenters. The lowest BCUT2D eigenvalue weighted by atomic mass is 10.1. The number of rotatable bonds is 5. The van der Waals surface area contributed by atoms with Crippen molar-refractivity contribution in [2.24, 2.45) is 0 Å². The molecule has 0 aliphatic carbocycles. The Morgan fingerprint density at radius 3 is 2.48 bits per heavy atom. The number of esters is 1. The van der Waals surface area contributed by atoms with E-state index in [1.165, 1.54) is 24.3 Å². The zero-order chi connectivity index (χ0) is 16.2. The molecule has 5 heteroatoms. The van der Waals surface area contributed by atoms with Gasteiger partial charge in [-0.25, -0.2) is 4.79 Å². The van der Waals surface area contributed by atoms with Crippen LogP contribution in [-0.2, 0) is 4.74 Å². The van der Waals surface area contributed by atoms with E-state index in [1.807, 2.05) is 18.2 Å². The average Bonchev–Trinajstić information content (AvgIpc) is 3.03. The number of hydrogen-bond donors (Lipinski definition) is 0. The zero-order valence-corrected chi connectivity index (χ0v) is 12.0. The van der Waals surface area contributed by atoms with Crippen molar-refractivity contribution in [1.29, 1.82) is 0 Å². The van der Waals surface area contributed by atoms with Crippen LogP contribution in [0.1, 0.15) is 31.3 Å². The summed E-state index contributed by atoms with van der Waals surface area (Å²) in [7, 11) is 0. The summed E-state index contributed by atoms with van der Waals surface area (Å²) in [5.74, 6) is -0.902. The summed E-state index contributed by atoms with van der Waals surface area (Å²) < 4.78 is 10.4. The summed E-state index contributed by atoms with van der Waals surface area (Å²) >= 11 is 0. The van der Waals surface area contributed by atoms with Crippen molar-refractivity contribution in [2.45, 2.75) is 0 Å². The van der Waals surface area contributed by atoms with Crippen molar-refractivity contribution in [3.05, 3.63) is 71.5 Å². The maximum absolute atomic E-state index is 12.0. The average molecular weight is 308 g/mol. The van der Waals surface area contributed by atoms with Crippen LogP contribution >= 0.6 is 0 Å². The fourth-order valence-corrected chi connectivity index (χ4v) is 2.10. The zero-order valence-electron chi connectivity index (χ0n) is 12.0. The number of benzene rings is 2. The molecular formula is C18H12O5. The second-order valence-electron chi connectivity index (χ2n) is 4.89. The van der Waals surface area contributed by atoms with E-state index < -0.39 is 18.4 Å². The molecular weight excluding hydrogens is 296 g/mol. The van der Waals surface area contributed by atoms with Crippen LogP contribution in [0.5, 0.6) is 0 Å². The third kappa shape index (κ3) is 3.18. The fraction of sp³-hybridized carbons (Fsp3) is 0.0556. The van der Waals surface area contributed by atoms with Gasteiger partial charge in [-0.15, -0.1) is 0 Å². The molecule has 0 aliphatic rings. The standard InChI is InChI=1S/C18H12O5/c19-10-12-5-7-13(8-6-12)18(21)22-11-15(20)17-9-14-3-1-2-4-16(14)23-17/h1-10H,11H2. The lowest BCUT2D eigenvalue weighted by Gasteiger charge is -2.03. The van der Waals surface area contributed by atoms with Gasteiger partial charge in [0.15, 0.2) is 12.4 Å². The summed E-state index contributed by atoms with van der Waals surface area (Å²) in [6, 6.07) is 14.8. The molecule has 0 aliphatic heterocycles. The van der Waals surface area contributed by atoms with Gasteiger partial charge >= 0.3 is 5.97 Å². The molecule has 0 saturated heterocycles. The molecule has 2 aromatic carbocycles. The number of Topliss-reactive ketones (excluding diaryl/α,β-unsaturated/α-hetero) is 1. The predicted molar refractivity (Wildman–Crippen MR) is 82.7 cm³/mol. The Hall–Kier alpha value is -3.21. The molecule has 0 radical (unpaired) electrons. The summed E-state index contributed by atoms with van der Waals surface area (Å²) in [5, 5.41) is 0.812. The van der Waals surface area contributed by atoms with Gasteiger partial charge in [-0.2, -0.15) is 0 Å². The topological polar surface area (TPSA) is 73.6 Å². The van der Waals surface area contributed by atoms with Gasteiger partial charge < -0.3 is 9.15 Å². The number of carbonyl (C=O) groups is 3.